The van der Waals surface area contributed by atoms with Crippen molar-refractivity contribution in [3.8, 4) is 0 Å². The van der Waals surface area contributed by atoms with Gasteiger partial charge in [0, 0.05) is 16.5 Å². The Morgan fingerprint density at radius 1 is 1.12 bits per heavy atom. The van der Waals surface area contributed by atoms with E-state index in [-0.39, 0.29) is 16.5 Å². The molecule has 0 unspecified atom stereocenters. The lowest BCUT2D eigenvalue weighted by atomic mass is 9.34. The van der Waals surface area contributed by atoms with Crippen LogP contribution in [0.1, 0.15) is 53.9 Å². The Morgan fingerprint density at radius 3 is 1.76 bits per heavy atom. The van der Waals surface area contributed by atoms with Gasteiger partial charge in [-0.2, -0.15) is 0 Å². The minimum absolute atomic E-state index is 0.0497. The van der Waals surface area contributed by atoms with Gasteiger partial charge in [0.25, 0.3) is 0 Å². The van der Waals surface area contributed by atoms with Crippen LogP contribution in [-0.4, -0.2) is 37.9 Å². The average molecular weight is 241 g/mol. The highest BCUT2D eigenvalue weighted by Crippen LogP contribution is 2.74. The number of amides is 1. The van der Waals surface area contributed by atoms with Crippen LogP contribution >= 0.6 is 0 Å². The van der Waals surface area contributed by atoms with Gasteiger partial charge >= 0.3 is 6.09 Å². The van der Waals surface area contributed by atoms with Crippen LogP contribution in [-0.2, 0) is 0 Å². The summed E-state index contributed by atoms with van der Waals surface area (Å²) >= 11 is 0. The van der Waals surface area contributed by atoms with E-state index in [0.29, 0.717) is 0 Å². The van der Waals surface area contributed by atoms with E-state index in [4.69, 9.17) is 0 Å². The molecule has 4 heteroatoms. The molecule has 0 aromatic heterocycles. The lowest BCUT2D eigenvalue weighted by molar-refractivity contribution is -0.293. The van der Waals surface area contributed by atoms with Crippen LogP contribution in [0.3, 0.4) is 0 Å². The zero-order valence-electron chi connectivity index (χ0n) is 11.4. The molecule has 2 bridgehead atoms. The summed E-state index contributed by atoms with van der Waals surface area (Å²) in [6.45, 7) is 9.45. The van der Waals surface area contributed by atoms with Crippen LogP contribution in [0.5, 0.6) is 0 Å². The van der Waals surface area contributed by atoms with Gasteiger partial charge < -0.3 is 10.2 Å². The maximum Gasteiger partial charge on any atom is 0.408 e. The van der Waals surface area contributed by atoms with E-state index in [9.17, 15) is 15.0 Å². The van der Waals surface area contributed by atoms with Gasteiger partial charge in [-0.1, -0.05) is 0 Å². The maximum absolute atomic E-state index is 11.4. The zero-order valence-corrected chi connectivity index (χ0v) is 11.4. The predicted molar refractivity (Wildman–Crippen MR) is 64.9 cm³/mol. The summed E-state index contributed by atoms with van der Waals surface area (Å²) in [6, 6.07) is 0. The average Bonchev–Trinajstić information content (AvgIpc) is 1.85. The molecule has 3 fully saturated rings. The Kier molecular flexibility index (Phi) is 2.21. The van der Waals surface area contributed by atoms with Crippen LogP contribution in [0, 0.1) is 5.41 Å². The number of hydrogen-bond acceptors (Lipinski definition) is 2. The van der Waals surface area contributed by atoms with Crippen molar-refractivity contribution in [2.24, 2.45) is 5.41 Å². The molecule has 0 aliphatic heterocycles. The van der Waals surface area contributed by atoms with Crippen molar-refractivity contribution in [2.45, 2.75) is 70.6 Å². The Morgan fingerprint density at radius 2 is 1.53 bits per heavy atom. The first-order chi connectivity index (χ1) is 7.44. The third-order valence-electron chi connectivity index (χ3n) is 4.64. The van der Waals surface area contributed by atoms with Crippen LogP contribution in [0.25, 0.3) is 0 Å². The molecule has 0 radical (unpaired) electrons. The third-order valence-corrected chi connectivity index (χ3v) is 4.64. The van der Waals surface area contributed by atoms with Crippen LogP contribution in [0.2, 0.25) is 0 Å². The first-order valence-corrected chi connectivity index (χ1v) is 6.19. The summed E-state index contributed by atoms with van der Waals surface area (Å²) in [5.74, 6) is 0. The van der Waals surface area contributed by atoms with E-state index in [0.717, 1.165) is 19.3 Å². The van der Waals surface area contributed by atoms with Crippen molar-refractivity contribution >= 4 is 6.09 Å². The highest BCUT2D eigenvalue weighted by molar-refractivity contribution is 5.68. The van der Waals surface area contributed by atoms with Crippen molar-refractivity contribution in [3.05, 3.63) is 0 Å². The molecule has 17 heavy (non-hydrogen) atoms. The number of hydrogen-bond donors (Lipinski definition) is 2. The summed E-state index contributed by atoms with van der Waals surface area (Å²) in [5.41, 5.74) is -1.34. The largest absolute Gasteiger partial charge is 0.465 e. The number of carbonyl (C=O) groups is 1. The van der Waals surface area contributed by atoms with E-state index in [1.807, 2.05) is 34.6 Å². The van der Waals surface area contributed by atoms with Gasteiger partial charge in [0.15, 0.2) is 0 Å². The normalized spacial score (nSPS) is 35.9. The topological polar surface area (TPSA) is 60.8 Å². The molecule has 0 saturated heterocycles. The fraction of sp³-hybridized carbons (Fsp3) is 0.923. The van der Waals surface area contributed by atoms with Gasteiger partial charge in [0.2, 0.25) is 0 Å². The summed E-state index contributed by atoms with van der Waals surface area (Å²) < 4.78 is 0. The first kappa shape index (κ1) is 12.7. The molecule has 4 nitrogen and oxygen atoms in total. The fourth-order valence-corrected chi connectivity index (χ4v) is 3.82. The van der Waals surface area contributed by atoms with E-state index in [1.165, 1.54) is 0 Å². The molecule has 98 valence electrons. The lowest BCUT2D eigenvalue weighted by Gasteiger charge is -2.78. The fourth-order valence-electron chi connectivity index (χ4n) is 3.82. The lowest BCUT2D eigenvalue weighted by Crippen LogP contribution is -2.82. The van der Waals surface area contributed by atoms with Crippen molar-refractivity contribution in [2.75, 3.05) is 0 Å². The van der Waals surface area contributed by atoms with Gasteiger partial charge in [-0.15, -0.1) is 0 Å². The van der Waals surface area contributed by atoms with Crippen molar-refractivity contribution in [1.29, 1.82) is 0 Å². The minimum Gasteiger partial charge on any atom is -0.465 e. The van der Waals surface area contributed by atoms with Gasteiger partial charge in [-0.05, 0) is 53.9 Å². The number of aliphatic hydroxyl groups is 1. The zero-order chi connectivity index (χ0) is 13.3. The second-order valence-electron chi connectivity index (χ2n) is 7.38. The van der Waals surface area contributed by atoms with Gasteiger partial charge in [-0.25, -0.2) is 4.79 Å². The smallest absolute Gasteiger partial charge is 0.408 e. The standard InChI is InChI=1S/C13H23NO3/c1-10(2,3)14(9(15)16)13-6-12(7-13,8-13)11(4,5)17/h17H,6-8H2,1-5H3,(H,15,16). The quantitative estimate of drug-likeness (QED) is 0.780. The molecule has 0 heterocycles. The molecule has 0 atom stereocenters. The van der Waals surface area contributed by atoms with Crippen LogP contribution in [0.4, 0.5) is 4.79 Å². The second kappa shape index (κ2) is 2.97. The number of rotatable bonds is 2. The molecule has 0 aromatic rings. The van der Waals surface area contributed by atoms with E-state index in [2.05, 4.69) is 0 Å². The molecule has 3 aliphatic carbocycles. The molecule has 3 aliphatic rings. The molecule has 3 saturated carbocycles. The van der Waals surface area contributed by atoms with Crippen LogP contribution < -0.4 is 0 Å². The van der Waals surface area contributed by atoms with Gasteiger partial charge in [0.1, 0.15) is 0 Å². The van der Waals surface area contributed by atoms with E-state index < -0.39 is 11.7 Å². The first-order valence-electron chi connectivity index (χ1n) is 6.19. The molecule has 3 rings (SSSR count). The molecular weight excluding hydrogens is 218 g/mol. The van der Waals surface area contributed by atoms with Crippen molar-refractivity contribution in [3.63, 3.8) is 0 Å². The highest BCUT2D eigenvalue weighted by atomic mass is 16.4. The Labute approximate surface area is 103 Å². The number of carboxylic acid groups (broad SMARTS) is 1. The molecule has 1 amide bonds. The number of nitrogens with zero attached hydrogens (tertiary/aromatic N) is 1. The van der Waals surface area contributed by atoms with Crippen molar-refractivity contribution < 1.29 is 15.0 Å². The summed E-state index contributed by atoms with van der Waals surface area (Å²) in [6.07, 6.45) is 1.55. The van der Waals surface area contributed by atoms with Gasteiger partial charge in [0.05, 0.1) is 5.60 Å². The SMILES string of the molecule is CC(C)(C)N(C(=O)O)C12CC(C(C)(C)O)(C1)C2. The minimum atomic E-state index is -0.846. The predicted octanol–water partition coefficient (Wildman–Crippen LogP) is 2.46. The molecule has 0 aromatic carbocycles. The van der Waals surface area contributed by atoms with Gasteiger partial charge in [-0.3, -0.25) is 4.90 Å². The Hall–Kier alpha value is -0.770. The molecular formula is C13H23NO3. The van der Waals surface area contributed by atoms with Crippen LogP contribution in [0.15, 0.2) is 0 Å². The third kappa shape index (κ3) is 1.49. The second-order valence-corrected chi connectivity index (χ2v) is 7.38. The summed E-state index contributed by atoms with van der Waals surface area (Å²) in [7, 11) is 0. The van der Waals surface area contributed by atoms with E-state index in [1.54, 1.807) is 4.90 Å². The molecule has 0 spiro atoms. The van der Waals surface area contributed by atoms with E-state index >= 15 is 0 Å². The molecule has 2 N–H and O–H groups in total. The Bertz CT molecular complexity index is 342. The highest BCUT2D eigenvalue weighted by Gasteiger charge is 2.76. The Balaban J connectivity index is 2.17. The summed E-state index contributed by atoms with van der Waals surface area (Å²) in [5, 5.41) is 19.5. The monoisotopic (exact) mass is 241 g/mol. The van der Waals surface area contributed by atoms with Crippen molar-refractivity contribution in [1.82, 2.24) is 4.90 Å². The summed E-state index contributed by atoms with van der Waals surface area (Å²) in [4.78, 5) is 13.0. The maximum atomic E-state index is 11.4.